The van der Waals surface area contributed by atoms with Crippen molar-refractivity contribution in [3.63, 3.8) is 0 Å². The van der Waals surface area contributed by atoms with Crippen molar-refractivity contribution in [2.45, 2.75) is 18.6 Å². The predicted octanol–water partition coefficient (Wildman–Crippen LogP) is 3.95. The van der Waals surface area contributed by atoms with Gasteiger partial charge in [0.15, 0.2) is 11.0 Å². The molecule has 0 radical (unpaired) electrons. The SMILES string of the molecule is CCn1c(SCC(=O)N(C)CC(=O)Nc2ccc(F)cc2)nnc1-c1ccc(Cl)cc1. The Bertz CT molecular complexity index is 1060. The largest absolute Gasteiger partial charge is 0.336 e. The normalized spacial score (nSPS) is 10.7. The van der Waals surface area contributed by atoms with Crippen LogP contribution in [0.15, 0.2) is 53.7 Å². The van der Waals surface area contributed by atoms with E-state index in [1.165, 1.54) is 40.9 Å². The molecule has 0 bridgehead atoms. The summed E-state index contributed by atoms with van der Waals surface area (Å²) in [6.45, 7) is 2.49. The first-order valence-electron chi connectivity index (χ1n) is 9.48. The van der Waals surface area contributed by atoms with Crippen LogP contribution >= 0.6 is 23.4 Å². The van der Waals surface area contributed by atoms with Gasteiger partial charge >= 0.3 is 0 Å². The monoisotopic (exact) mass is 461 g/mol. The number of nitrogens with zero attached hydrogens (tertiary/aromatic N) is 4. The van der Waals surface area contributed by atoms with Crippen molar-refractivity contribution in [2.24, 2.45) is 0 Å². The standard InChI is InChI=1S/C21H21ClFN5O2S/c1-3-28-20(14-4-6-15(22)7-5-14)25-26-21(28)31-13-19(30)27(2)12-18(29)24-17-10-8-16(23)9-11-17/h4-11H,3,12-13H2,1-2H3,(H,24,29). The zero-order valence-electron chi connectivity index (χ0n) is 17.0. The lowest BCUT2D eigenvalue weighted by Crippen LogP contribution is -2.36. The number of aromatic nitrogens is 3. The summed E-state index contributed by atoms with van der Waals surface area (Å²) in [6, 6.07) is 12.7. The van der Waals surface area contributed by atoms with E-state index in [9.17, 15) is 14.0 Å². The zero-order chi connectivity index (χ0) is 22.4. The summed E-state index contributed by atoms with van der Waals surface area (Å²) in [6.07, 6.45) is 0. The third-order valence-electron chi connectivity index (χ3n) is 4.39. The van der Waals surface area contributed by atoms with Gasteiger partial charge in [-0.05, 0) is 55.5 Å². The smallest absolute Gasteiger partial charge is 0.243 e. The highest BCUT2D eigenvalue weighted by molar-refractivity contribution is 7.99. The number of benzene rings is 2. The highest BCUT2D eigenvalue weighted by Gasteiger charge is 2.17. The van der Waals surface area contributed by atoms with E-state index in [-0.39, 0.29) is 29.9 Å². The Labute approximate surface area is 188 Å². The third-order valence-corrected chi connectivity index (χ3v) is 5.60. The van der Waals surface area contributed by atoms with Crippen molar-refractivity contribution in [3.8, 4) is 11.4 Å². The van der Waals surface area contributed by atoms with Crippen molar-refractivity contribution < 1.29 is 14.0 Å². The van der Waals surface area contributed by atoms with Gasteiger partial charge in [-0.15, -0.1) is 10.2 Å². The quantitative estimate of drug-likeness (QED) is 0.514. The molecule has 0 atom stereocenters. The van der Waals surface area contributed by atoms with Gasteiger partial charge in [-0.2, -0.15) is 0 Å². The number of thioether (sulfide) groups is 1. The third kappa shape index (κ3) is 6.05. The molecule has 0 unspecified atom stereocenters. The van der Waals surface area contributed by atoms with Gasteiger partial charge in [0.2, 0.25) is 11.8 Å². The molecule has 0 fully saturated rings. The van der Waals surface area contributed by atoms with Crippen LogP contribution in [0.2, 0.25) is 5.02 Å². The Morgan fingerprint density at radius 3 is 2.45 bits per heavy atom. The van der Waals surface area contributed by atoms with Gasteiger partial charge in [0.25, 0.3) is 0 Å². The Hall–Kier alpha value is -2.91. The molecule has 7 nitrogen and oxygen atoms in total. The van der Waals surface area contributed by atoms with Crippen LogP contribution in [-0.4, -0.2) is 50.8 Å². The van der Waals surface area contributed by atoms with Crippen LogP contribution in [0.5, 0.6) is 0 Å². The van der Waals surface area contributed by atoms with Gasteiger partial charge in [-0.1, -0.05) is 23.4 Å². The molecule has 0 spiro atoms. The fraction of sp³-hybridized carbons (Fsp3) is 0.238. The van der Waals surface area contributed by atoms with E-state index in [1.54, 1.807) is 19.2 Å². The van der Waals surface area contributed by atoms with Crippen LogP contribution in [0, 0.1) is 5.82 Å². The Morgan fingerprint density at radius 1 is 1.13 bits per heavy atom. The number of rotatable bonds is 8. The molecule has 2 aromatic carbocycles. The second-order valence-corrected chi connectivity index (χ2v) is 8.03. The highest BCUT2D eigenvalue weighted by atomic mass is 35.5. The molecule has 2 amide bonds. The summed E-state index contributed by atoms with van der Waals surface area (Å²) in [7, 11) is 1.55. The maximum absolute atomic E-state index is 12.9. The number of likely N-dealkylation sites (N-methyl/N-ethyl adjacent to an activating group) is 1. The molecule has 162 valence electrons. The minimum atomic E-state index is -0.388. The van der Waals surface area contributed by atoms with Crippen molar-refractivity contribution in [3.05, 3.63) is 59.4 Å². The molecule has 1 N–H and O–H groups in total. The second-order valence-electron chi connectivity index (χ2n) is 6.65. The van der Waals surface area contributed by atoms with Crippen LogP contribution in [0.4, 0.5) is 10.1 Å². The summed E-state index contributed by atoms with van der Waals surface area (Å²) >= 11 is 7.21. The van der Waals surface area contributed by atoms with E-state index in [4.69, 9.17) is 11.6 Å². The number of nitrogens with one attached hydrogen (secondary N) is 1. The van der Waals surface area contributed by atoms with Crippen LogP contribution < -0.4 is 5.32 Å². The average molecular weight is 462 g/mol. The van der Waals surface area contributed by atoms with Gasteiger partial charge in [-0.25, -0.2) is 4.39 Å². The maximum atomic E-state index is 12.9. The number of hydrogen-bond acceptors (Lipinski definition) is 5. The van der Waals surface area contributed by atoms with Gasteiger partial charge < -0.3 is 14.8 Å². The Morgan fingerprint density at radius 2 is 1.81 bits per heavy atom. The lowest BCUT2D eigenvalue weighted by molar-refractivity contribution is -0.131. The molecule has 3 aromatic rings. The molecule has 1 aromatic heterocycles. The number of carbonyl (C=O) groups excluding carboxylic acids is 2. The average Bonchev–Trinajstić information content (AvgIpc) is 3.17. The molecule has 3 rings (SSSR count). The number of hydrogen-bond donors (Lipinski definition) is 1. The molecule has 0 aliphatic heterocycles. The summed E-state index contributed by atoms with van der Waals surface area (Å²) < 4.78 is 14.9. The molecular formula is C21H21ClFN5O2S. The lowest BCUT2D eigenvalue weighted by Gasteiger charge is -2.16. The van der Waals surface area contributed by atoms with Crippen LogP contribution in [0.1, 0.15) is 6.92 Å². The predicted molar refractivity (Wildman–Crippen MR) is 120 cm³/mol. The molecule has 10 heteroatoms. The van der Waals surface area contributed by atoms with Gasteiger partial charge in [0, 0.05) is 29.9 Å². The molecule has 0 aliphatic rings. The maximum Gasteiger partial charge on any atom is 0.243 e. The lowest BCUT2D eigenvalue weighted by atomic mass is 10.2. The number of halogens is 2. The van der Waals surface area contributed by atoms with Crippen molar-refractivity contribution >= 4 is 40.9 Å². The fourth-order valence-electron chi connectivity index (χ4n) is 2.77. The number of anilines is 1. The number of amides is 2. The minimum absolute atomic E-state index is 0.110. The Kier molecular flexibility index (Phi) is 7.64. The van der Waals surface area contributed by atoms with Crippen molar-refractivity contribution in [1.29, 1.82) is 0 Å². The van der Waals surface area contributed by atoms with Crippen molar-refractivity contribution in [1.82, 2.24) is 19.7 Å². The van der Waals surface area contributed by atoms with Crippen molar-refractivity contribution in [2.75, 3.05) is 24.7 Å². The highest BCUT2D eigenvalue weighted by Crippen LogP contribution is 2.25. The van der Waals surface area contributed by atoms with E-state index in [0.717, 1.165) is 5.56 Å². The van der Waals surface area contributed by atoms with E-state index in [0.29, 0.717) is 28.2 Å². The van der Waals surface area contributed by atoms with Crippen LogP contribution in [0.25, 0.3) is 11.4 Å². The van der Waals surface area contributed by atoms with E-state index >= 15 is 0 Å². The van der Waals surface area contributed by atoms with Gasteiger partial charge in [0.05, 0.1) is 12.3 Å². The first-order valence-corrected chi connectivity index (χ1v) is 10.8. The molecule has 0 saturated heterocycles. The summed E-state index contributed by atoms with van der Waals surface area (Å²) in [5.74, 6) is -0.172. The Balaban J connectivity index is 1.56. The van der Waals surface area contributed by atoms with Gasteiger partial charge in [-0.3, -0.25) is 9.59 Å². The topological polar surface area (TPSA) is 80.1 Å². The zero-order valence-corrected chi connectivity index (χ0v) is 18.6. The summed E-state index contributed by atoms with van der Waals surface area (Å²) in [4.78, 5) is 25.9. The van der Waals surface area contributed by atoms with E-state index < -0.39 is 0 Å². The minimum Gasteiger partial charge on any atom is -0.336 e. The van der Waals surface area contributed by atoms with E-state index in [1.807, 2.05) is 23.6 Å². The molecule has 0 aliphatic carbocycles. The summed E-state index contributed by atoms with van der Waals surface area (Å²) in [5.41, 5.74) is 1.35. The molecule has 0 saturated carbocycles. The van der Waals surface area contributed by atoms with Gasteiger partial charge in [0.1, 0.15) is 5.82 Å². The molecule has 1 heterocycles. The molecule has 31 heavy (non-hydrogen) atoms. The fourth-order valence-corrected chi connectivity index (χ4v) is 3.84. The first kappa shape index (κ1) is 22.8. The van der Waals surface area contributed by atoms with E-state index in [2.05, 4.69) is 15.5 Å². The second kappa shape index (κ2) is 10.4. The first-order chi connectivity index (χ1) is 14.9. The van der Waals surface area contributed by atoms with Crippen LogP contribution in [-0.2, 0) is 16.1 Å². The summed E-state index contributed by atoms with van der Waals surface area (Å²) in [5, 5.41) is 12.3. The molecular weight excluding hydrogens is 441 g/mol. The van der Waals surface area contributed by atoms with Crippen LogP contribution in [0.3, 0.4) is 0 Å². The number of carbonyl (C=O) groups is 2.